The zero-order valence-corrected chi connectivity index (χ0v) is 12.4. The maximum Gasteiger partial charge on any atom is 0.358 e. The SMILES string of the molecule is O=C(OCC(=O)c1ccc[nH]1)c1csc(-c2cccs2)n1. The van der Waals surface area contributed by atoms with Crippen LogP contribution in [-0.4, -0.2) is 28.3 Å². The highest BCUT2D eigenvalue weighted by Gasteiger charge is 2.16. The standard InChI is InChI=1S/C14H10N2O3S2/c17-11(9-3-1-5-15-9)7-19-14(18)10-8-21-13(16-10)12-4-2-6-20-12/h1-6,8,15H,7H2. The Hall–Kier alpha value is -2.25. The number of hydrogen-bond acceptors (Lipinski definition) is 6. The minimum atomic E-state index is -0.589. The summed E-state index contributed by atoms with van der Waals surface area (Å²) in [6, 6.07) is 7.21. The number of nitrogens with zero attached hydrogens (tertiary/aromatic N) is 1. The van der Waals surface area contributed by atoms with Gasteiger partial charge in [0.05, 0.1) is 10.6 Å². The van der Waals surface area contributed by atoms with Crippen LogP contribution in [0.25, 0.3) is 9.88 Å². The lowest BCUT2D eigenvalue weighted by atomic mass is 10.3. The third-order valence-electron chi connectivity index (χ3n) is 2.68. The predicted molar refractivity (Wildman–Crippen MR) is 80.8 cm³/mol. The van der Waals surface area contributed by atoms with Gasteiger partial charge in [-0.25, -0.2) is 9.78 Å². The third kappa shape index (κ3) is 3.09. The number of thiazole rings is 1. The van der Waals surface area contributed by atoms with Crippen LogP contribution in [-0.2, 0) is 4.74 Å². The molecule has 1 N–H and O–H groups in total. The van der Waals surface area contributed by atoms with E-state index in [0.717, 1.165) is 9.88 Å². The number of hydrogen-bond donors (Lipinski definition) is 1. The number of carbonyl (C=O) groups excluding carboxylic acids is 2. The van der Waals surface area contributed by atoms with E-state index in [9.17, 15) is 9.59 Å². The van der Waals surface area contributed by atoms with Crippen molar-refractivity contribution in [3.8, 4) is 9.88 Å². The molecule has 0 radical (unpaired) electrons. The van der Waals surface area contributed by atoms with Crippen LogP contribution >= 0.6 is 22.7 Å². The Morgan fingerprint density at radius 2 is 2.14 bits per heavy atom. The number of carbonyl (C=O) groups is 2. The molecule has 0 aromatic carbocycles. The molecule has 0 amide bonds. The molecule has 3 aromatic rings. The second kappa shape index (κ2) is 6.02. The maximum absolute atomic E-state index is 11.9. The van der Waals surface area contributed by atoms with Gasteiger partial charge in [-0.2, -0.15) is 0 Å². The highest BCUT2D eigenvalue weighted by atomic mass is 32.1. The zero-order chi connectivity index (χ0) is 14.7. The number of nitrogens with one attached hydrogen (secondary N) is 1. The molecule has 0 saturated carbocycles. The molecule has 106 valence electrons. The van der Waals surface area contributed by atoms with Crippen molar-refractivity contribution in [3.63, 3.8) is 0 Å². The lowest BCUT2D eigenvalue weighted by molar-refractivity contribution is 0.0468. The van der Waals surface area contributed by atoms with Gasteiger partial charge in [-0.1, -0.05) is 6.07 Å². The van der Waals surface area contributed by atoms with E-state index in [1.54, 1.807) is 35.0 Å². The first-order chi connectivity index (χ1) is 10.2. The van der Waals surface area contributed by atoms with Crippen LogP contribution in [0.1, 0.15) is 21.0 Å². The Balaban J connectivity index is 1.62. The van der Waals surface area contributed by atoms with Crippen LogP contribution in [0.5, 0.6) is 0 Å². The summed E-state index contributed by atoms with van der Waals surface area (Å²) < 4.78 is 4.98. The van der Waals surface area contributed by atoms with E-state index in [1.165, 1.54) is 11.3 Å². The summed E-state index contributed by atoms with van der Waals surface area (Å²) in [5.41, 5.74) is 0.642. The molecule has 7 heteroatoms. The Labute approximate surface area is 128 Å². The Bertz CT molecular complexity index is 745. The largest absolute Gasteiger partial charge is 0.452 e. The number of aromatic nitrogens is 2. The van der Waals surface area contributed by atoms with E-state index in [4.69, 9.17) is 4.74 Å². The highest BCUT2D eigenvalue weighted by Crippen LogP contribution is 2.27. The second-order valence-electron chi connectivity index (χ2n) is 4.10. The van der Waals surface area contributed by atoms with Crippen molar-refractivity contribution in [2.24, 2.45) is 0 Å². The average molecular weight is 318 g/mol. The van der Waals surface area contributed by atoms with Gasteiger partial charge >= 0.3 is 5.97 Å². The second-order valence-corrected chi connectivity index (χ2v) is 5.90. The summed E-state index contributed by atoms with van der Waals surface area (Å²) in [7, 11) is 0. The first-order valence-electron chi connectivity index (χ1n) is 6.07. The lowest BCUT2D eigenvalue weighted by Crippen LogP contribution is -2.14. The number of ether oxygens (including phenoxy) is 1. The van der Waals surface area contributed by atoms with E-state index < -0.39 is 5.97 Å². The molecule has 3 rings (SSSR count). The van der Waals surface area contributed by atoms with Gasteiger partial charge in [-0.15, -0.1) is 22.7 Å². The minimum Gasteiger partial charge on any atom is -0.452 e. The number of H-pyrrole nitrogens is 1. The molecule has 0 bridgehead atoms. The Kier molecular flexibility index (Phi) is 3.94. The van der Waals surface area contributed by atoms with Gasteiger partial charge in [0.15, 0.2) is 12.3 Å². The van der Waals surface area contributed by atoms with Crippen LogP contribution in [0.4, 0.5) is 0 Å². The van der Waals surface area contributed by atoms with Crippen LogP contribution < -0.4 is 0 Å². The number of rotatable bonds is 5. The molecule has 0 aliphatic carbocycles. The molecular weight excluding hydrogens is 308 g/mol. The van der Waals surface area contributed by atoms with Gasteiger partial charge in [0.1, 0.15) is 5.01 Å². The van der Waals surface area contributed by atoms with Gasteiger partial charge < -0.3 is 9.72 Å². The molecule has 0 atom stereocenters. The lowest BCUT2D eigenvalue weighted by Gasteiger charge is -2.00. The van der Waals surface area contributed by atoms with Crippen LogP contribution in [0.3, 0.4) is 0 Å². The van der Waals surface area contributed by atoms with Crippen molar-refractivity contribution < 1.29 is 14.3 Å². The number of esters is 1. The zero-order valence-electron chi connectivity index (χ0n) is 10.7. The minimum absolute atomic E-state index is 0.225. The van der Waals surface area contributed by atoms with E-state index in [-0.39, 0.29) is 18.1 Å². The fraction of sp³-hybridized carbons (Fsp3) is 0.0714. The van der Waals surface area contributed by atoms with E-state index >= 15 is 0 Å². The molecule has 0 saturated heterocycles. The molecule has 3 aromatic heterocycles. The van der Waals surface area contributed by atoms with Gasteiger partial charge in [-0.05, 0) is 23.6 Å². The summed E-state index contributed by atoms with van der Waals surface area (Å²) in [4.78, 5) is 31.6. The quantitative estimate of drug-likeness (QED) is 0.579. The molecular formula is C14H10N2O3S2. The third-order valence-corrected chi connectivity index (χ3v) is 4.56. The predicted octanol–water partition coefficient (Wildman–Crippen LogP) is 3.24. The normalized spacial score (nSPS) is 10.5. The molecule has 0 aliphatic heterocycles. The summed E-state index contributed by atoms with van der Waals surface area (Å²) in [5.74, 6) is -0.865. The molecule has 0 unspecified atom stereocenters. The molecule has 21 heavy (non-hydrogen) atoms. The summed E-state index contributed by atoms with van der Waals surface area (Å²) in [6.45, 7) is -0.300. The van der Waals surface area contributed by atoms with Crippen molar-refractivity contribution in [2.45, 2.75) is 0 Å². The van der Waals surface area contributed by atoms with E-state index in [1.807, 2.05) is 17.5 Å². The first kappa shape index (κ1) is 13.7. The topological polar surface area (TPSA) is 72.1 Å². The van der Waals surface area contributed by atoms with Crippen LogP contribution in [0.2, 0.25) is 0 Å². The maximum atomic E-state index is 11.9. The van der Waals surface area contributed by atoms with Gasteiger partial charge in [0.2, 0.25) is 5.78 Å². The van der Waals surface area contributed by atoms with Crippen molar-refractivity contribution in [3.05, 3.63) is 52.6 Å². The fourth-order valence-electron chi connectivity index (χ4n) is 1.67. The van der Waals surface area contributed by atoms with E-state index in [0.29, 0.717) is 5.69 Å². The van der Waals surface area contributed by atoms with Crippen molar-refractivity contribution >= 4 is 34.4 Å². The molecule has 5 nitrogen and oxygen atoms in total. The van der Waals surface area contributed by atoms with Gasteiger partial charge in [-0.3, -0.25) is 4.79 Å². The van der Waals surface area contributed by atoms with Gasteiger partial charge in [0.25, 0.3) is 0 Å². The number of ketones is 1. The molecule has 0 aliphatic rings. The first-order valence-corrected chi connectivity index (χ1v) is 7.83. The number of Topliss-reactive ketones (excluding diaryl/α,β-unsaturated/α-hetero) is 1. The highest BCUT2D eigenvalue weighted by molar-refractivity contribution is 7.20. The smallest absolute Gasteiger partial charge is 0.358 e. The fourth-order valence-corrected chi connectivity index (χ4v) is 3.27. The van der Waals surface area contributed by atoms with Crippen LogP contribution in [0, 0.1) is 0 Å². The van der Waals surface area contributed by atoms with Gasteiger partial charge in [0, 0.05) is 11.6 Å². The summed E-state index contributed by atoms with van der Waals surface area (Å²) >= 11 is 2.93. The van der Waals surface area contributed by atoms with Crippen molar-refractivity contribution in [2.75, 3.05) is 6.61 Å². The number of thiophene rings is 1. The summed E-state index contributed by atoms with van der Waals surface area (Å²) in [5, 5.41) is 4.35. The molecule has 3 heterocycles. The Morgan fingerprint density at radius 3 is 2.86 bits per heavy atom. The van der Waals surface area contributed by atoms with Crippen LogP contribution in [0.15, 0.2) is 41.2 Å². The number of aromatic amines is 1. The monoisotopic (exact) mass is 318 g/mol. The van der Waals surface area contributed by atoms with E-state index in [2.05, 4.69) is 9.97 Å². The molecule has 0 fully saturated rings. The average Bonchev–Trinajstić information content (AvgIpc) is 3.25. The van der Waals surface area contributed by atoms with Crippen molar-refractivity contribution in [1.29, 1.82) is 0 Å². The Morgan fingerprint density at radius 1 is 1.24 bits per heavy atom. The van der Waals surface area contributed by atoms with Crippen molar-refractivity contribution in [1.82, 2.24) is 9.97 Å². The molecule has 0 spiro atoms. The summed E-state index contributed by atoms with van der Waals surface area (Å²) in [6.07, 6.45) is 1.64.